The molecule has 0 aliphatic rings. The third-order valence-corrected chi connectivity index (χ3v) is 5.24. The molecular weight excluding hydrogens is 406 g/mol. The number of hydrogen-bond acceptors (Lipinski definition) is 6. The third kappa shape index (κ3) is 3.45. The molecule has 1 aromatic carbocycles. The van der Waals surface area contributed by atoms with Crippen LogP contribution in [0.2, 0.25) is 0 Å². The highest BCUT2D eigenvalue weighted by atomic mass is 79.9. The molecule has 7 nitrogen and oxygen atoms in total. The van der Waals surface area contributed by atoms with E-state index in [4.69, 9.17) is 5.26 Å². The molecule has 0 amide bonds. The van der Waals surface area contributed by atoms with Gasteiger partial charge in [-0.2, -0.15) is 5.26 Å². The highest BCUT2D eigenvalue weighted by molar-refractivity contribution is 9.10. The van der Waals surface area contributed by atoms with E-state index in [-0.39, 0.29) is 5.56 Å². The molecule has 0 aliphatic heterocycles. The van der Waals surface area contributed by atoms with Gasteiger partial charge in [-0.15, -0.1) is 0 Å². The lowest BCUT2D eigenvalue weighted by molar-refractivity contribution is 0.683. The van der Waals surface area contributed by atoms with Crippen molar-refractivity contribution < 1.29 is 4.21 Å². The van der Waals surface area contributed by atoms with Gasteiger partial charge in [0.1, 0.15) is 6.33 Å². The Kier molecular flexibility index (Phi) is 4.92. The summed E-state index contributed by atoms with van der Waals surface area (Å²) in [7, 11) is -1.25. The lowest BCUT2D eigenvalue weighted by Crippen LogP contribution is -2.27. The summed E-state index contributed by atoms with van der Waals surface area (Å²) in [5.74, 6) is 0.419. The number of benzene rings is 1. The van der Waals surface area contributed by atoms with E-state index in [2.05, 4.69) is 31.3 Å². The van der Waals surface area contributed by atoms with Crippen molar-refractivity contribution in [3.05, 3.63) is 57.2 Å². The maximum atomic E-state index is 12.6. The number of aromatic nitrogens is 3. The maximum absolute atomic E-state index is 12.6. The molecule has 1 atom stereocenters. The molecule has 0 spiro atoms. The van der Waals surface area contributed by atoms with Crippen LogP contribution < -0.4 is 11.0 Å². The van der Waals surface area contributed by atoms with Gasteiger partial charge in [0, 0.05) is 16.4 Å². The Bertz CT molecular complexity index is 1090. The van der Waals surface area contributed by atoms with E-state index in [1.165, 1.54) is 11.0 Å². The summed E-state index contributed by atoms with van der Waals surface area (Å²) in [6.07, 6.45) is 2.87. The van der Waals surface area contributed by atoms with Crippen molar-refractivity contribution in [1.82, 2.24) is 14.6 Å². The zero-order valence-electron chi connectivity index (χ0n) is 13.1. The molecule has 0 saturated heterocycles. The Morgan fingerprint density at radius 3 is 2.88 bits per heavy atom. The molecule has 126 valence electrons. The Hall–Kier alpha value is -2.57. The van der Waals surface area contributed by atoms with E-state index in [1.807, 2.05) is 6.07 Å². The molecule has 9 heteroatoms. The van der Waals surface area contributed by atoms with Crippen LogP contribution in [0.3, 0.4) is 0 Å². The third-order valence-electron chi connectivity index (χ3n) is 3.44. The number of nitriles is 1. The number of nitrogens with zero attached hydrogens (tertiary/aromatic N) is 4. The van der Waals surface area contributed by atoms with Gasteiger partial charge in [0.2, 0.25) is 0 Å². The van der Waals surface area contributed by atoms with Crippen molar-refractivity contribution in [3.8, 4) is 6.07 Å². The van der Waals surface area contributed by atoms with Gasteiger partial charge in [-0.05, 0) is 40.2 Å². The summed E-state index contributed by atoms with van der Waals surface area (Å²) in [4.78, 5) is 21.4. The van der Waals surface area contributed by atoms with Gasteiger partial charge < -0.3 is 0 Å². The van der Waals surface area contributed by atoms with Crippen LogP contribution in [0.5, 0.6) is 0 Å². The van der Waals surface area contributed by atoms with Crippen molar-refractivity contribution in [3.63, 3.8) is 0 Å². The van der Waals surface area contributed by atoms with E-state index in [0.29, 0.717) is 37.4 Å². The first-order valence-corrected chi connectivity index (χ1v) is 9.37. The highest BCUT2D eigenvalue weighted by Gasteiger charge is 2.12. The van der Waals surface area contributed by atoms with Crippen LogP contribution in [0.1, 0.15) is 12.5 Å². The minimum Gasteiger partial charge on any atom is -0.289 e. The Morgan fingerprint density at radius 1 is 1.36 bits per heavy atom. The molecule has 2 heterocycles. The van der Waals surface area contributed by atoms with Crippen LogP contribution >= 0.6 is 15.9 Å². The molecule has 0 fully saturated rings. The van der Waals surface area contributed by atoms with Crippen LogP contribution in [-0.2, 0) is 10.8 Å². The summed E-state index contributed by atoms with van der Waals surface area (Å²) in [5.41, 5.74) is 3.69. The minimum absolute atomic E-state index is 0.328. The largest absolute Gasteiger partial charge is 0.289 e. The van der Waals surface area contributed by atoms with E-state index in [1.54, 1.807) is 37.4 Å². The zero-order chi connectivity index (χ0) is 18.0. The van der Waals surface area contributed by atoms with Crippen molar-refractivity contribution in [2.45, 2.75) is 11.8 Å². The smallest absolute Gasteiger partial charge is 0.281 e. The van der Waals surface area contributed by atoms with Gasteiger partial charge in [0.15, 0.2) is 5.65 Å². The number of pyridine rings is 1. The number of nitrogens with one attached hydrogen (secondary N) is 1. The first-order valence-electron chi connectivity index (χ1n) is 7.26. The van der Waals surface area contributed by atoms with Crippen molar-refractivity contribution in [2.24, 2.45) is 0 Å². The van der Waals surface area contributed by atoms with Crippen LogP contribution in [0.15, 0.2) is 51.0 Å². The molecule has 1 N–H and O–H groups in total. The number of anilines is 1. The predicted octanol–water partition coefficient (Wildman–Crippen LogP) is 2.43. The number of fused-ring (bicyclic) bond motifs is 1. The summed E-state index contributed by atoms with van der Waals surface area (Å²) in [6.45, 7) is 1.80. The molecular formula is C16H12BrN5O2S. The van der Waals surface area contributed by atoms with Crippen LogP contribution in [0.4, 0.5) is 5.69 Å². The minimum atomic E-state index is -1.25. The summed E-state index contributed by atoms with van der Waals surface area (Å²) in [5, 5.41) is 9.43. The monoisotopic (exact) mass is 417 g/mol. The van der Waals surface area contributed by atoms with E-state index in [9.17, 15) is 9.00 Å². The van der Waals surface area contributed by atoms with Gasteiger partial charge in [-0.1, -0.05) is 6.92 Å². The molecule has 0 radical (unpaired) electrons. The van der Waals surface area contributed by atoms with Gasteiger partial charge in [0.05, 0.1) is 38.4 Å². The second kappa shape index (κ2) is 7.13. The Balaban J connectivity index is 2.13. The number of hydrogen-bond donors (Lipinski definition) is 1. The average molecular weight is 418 g/mol. The lowest BCUT2D eigenvalue weighted by atomic mass is 10.2. The fourth-order valence-corrected chi connectivity index (χ4v) is 3.45. The number of halogens is 1. The molecule has 1 unspecified atom stereocenters. The standard InChI is InChI=1S/C16H12BrN5O2S/c1-2-25(24)14-4-3-10(7-18)5-13(14)21-22-9-20-15-12(16(22)23)6-11(17)8-19-15/h3-6,8-9,21H,2H2,1H3. The summed E-state index contributed by atoms with van der Waals surface area (Å²) >= 11 is 3.28. The molecule has 0 saturated carbocycles. The van der Waals surface area contributed by atoms with Crippen LogP contribution in [0.25, 0.3) is 11.0 Å². The van der Waals surface area contributed by atoms with Crippen molar-refractivity contribution in [1.29, 1.82) is 5.26 Å². The van der Waals surface area contributed by atoms with Gasteiger partial charge >= 0.3 is 0 Å². The first-order chi connectivity index (χ1) is 12.0. The molecule has 2 aromatic heterocycles. The molecule has 3 rings (SSSR count). The fraction of sp³-hybridized carbons (Fsp3) is 0.125. The molecule has 25 heavy (non-hydrogen) atoms. The maximum Gasteiger partial charge on any atom is 0.281 e. The molecule has 0 aliphatic carbocycles. The highest BCUT2D eigenvalue weighted by Crippen LogP contribution is 2.22. The van der Waals surface area contributed by atoms with Gasteiger partial charge in [-0.3, -0.25) is 14.4 Å². The van der Waals surface area contributed by atoms with Crippen LogP contribution in [0, 0.1) is 11.3 Å². The average Bonchev–Trinajstić information content (AvgIpc) is 2.63. The van der Waals surface area contributed by atoms with Gasteiger partial charge in [0.25, 0.3) is 5.56 Å². The summed E-state index contributed by atoms with van der Waals surface area (Å²) in [6, 6.07) is 8.43. The quantitative estimate of drug-likeness (QED) is 0.699. The van der Waals surface area contributed by atoms with Crippen molar-refractivity contribution >= 4 is 43.5 Å². The topological polar surface area (TPSA) is 101 Å². The first kappa shape index (κ1) is 17.3. The normalized spacial score (nSPS) is 11.9. The van der Waals surface area contributed by atoms with E-state index < -0.39 is 10.8 Å². The van der Waals surface area contributed by atoms with Gasteiger partial charge in [-0.25, -0.2) is 14.6 Å². The molecule has 0 bridgehead atoms. The SMILES string of the molecule is CCS(=O)c1ccc(C#N)cc1Nn1cnc2ncc(Br)cc2c1=O. The second-order valence-corrected chi connectivity index (χ2v) is 7.64. The Labute approximate surface area is 153 Å². The van der Waals surface area contributed by atoms with E-state index in [0.717, 1.165) is 0 Å². The van der Waals surface area contributed by atoms with E-state index >= 15 is 0 Å². The lowest BCUT2D eigenvalue weighted by Gasteiger charge is -2.13. The second-order valence-electron chi connectivity index (χ2n) is 5.01. The predicted molar refractivity (Wildman–Crippen MR) is 98.6 cm³/mol. The summed E-state index contributed by atoms with van der Waals surface area (Å²) < 4.78 is 14.1. The molecule has 3 aromatic rings. The number of rotatable bonds is 4. The fourth-order valence-electron chi connectivity index (χ4n) is 2.24. The zero-order valence-corrected chi connectivity index (χ0v) is 15.5. The Morgan fingerprint density at radius 2 is 2.16 bits per heavy atom. The van der Waals surface area contributed by atoms with Crippen molar-refractivity contribution in [2.75, 3.05) is 11.2 Å². The van der Waals surface area contributed by atoms with Crippen LogP contribution in [-0.4, -0.2) is 24.6 Å².